The second-order valence-electron chi connectivity index (χ2n) is 3.89. The van der Waals surface area contributed by atoms with Crippen LogP contribution in [0.25, 0.3) is 0 Å². The summed E-state index contributed by atoms with van der Waals surface area (Å²) >= 11 is 0. The van der Waals surface area contributed by atoms with Crippen molar-refractivity contribution < 1.29 is 4.79 Å². The topological polar surface area (TPSA) is 41.1 Å². The van der Waals surface area contributed by atoms with E-state index in [2.05, 4.69) is 23.5 Å². The van der Waals surface area contributed by atoms with E-state index in [1.807, 2.05) is 24.3 Å². The smallest absolute Gasteiger partial charge is 0.221 e. The Kier molecular flexibility index (Phi) is 5.25. The van der Waals surface area contributed by atoms with Gasteiger partial charge in [-0.15, -0.1) is 6.42 Å². The van der Waals surface area contributed by atoms with Crippen LogP contribution in [0.1, 0.15) is 25.8 Å². The number of amides is 1. The van der Waals surface area contributed by atoms with Gasteiger partial charge in [0.05, 0.1) is 6.04 Å². The molecule has 3 heteroatoms. The minimum atomic E-state index is -0.0609. The Morgan fingerprint density at radius 2 is 2.06 bits per heavy atom. The molecule has 3 nitrogen and oxygen atoms in total. The van der Waals surface area contributed by atoms with Gasteiger partial charge in [-0.1, -0.05) is 25.0 Å². The predicted molar refractivity (Wildman–Crippen MR) is 70.5 cm³/mol. The SMILES string of the molecule is C#CC(CC)NCc1ccc(NC(C)=O)cc1. The van der Waals surface area contributed by atoms with E-state index in [0.29, 0.717) is 0 Å². The Labute approximate surface area is 103 Å². The summed E-state index contributed by atoms with van der Waals surface area (Å²) in [6.45, 7) is 4.29. The van der Waals surface area contributed by atoms with Crippen molar-refractivity contribution in [3.8, 4) is 12.3 Å². The fourth-order valence-electron chi connectivity index (χ4n) is 1.47. The highest BCUT2D eigenvalue weighted by atomic mass is 16.1. The highest BCUT2D eigenvalue weighted by Gasteiger charge is 2.01. The molecule has 1 unspecified atom stereocenters. The van der Waals surface area contributed by atoms with E-state index < -0.39 is 0 Å². The molecule has 0 radical (unpaired) electrons. The van der Waals surface area contributed by atoms with Crippen LogP contribution in [0.15, 0.2) is 24.3 Å². The van der Waals surface area contributed by atoms with Crippen molar-refractivity contribution in [3.05, 3.63) is 29.8 Å². The van der Waals surface area contributed by atoms with Gasteiger partial charge in [0.2, 0.25) is 5.91 Å². The number of carbonyl (C=O) groups is 1. The van der Waals surface area contributed by atoms with Gasteiger partial charge in [-0.05, 0) is 24.1 Å². The lowest BCUT2D eigenvalue weighted by Crippen LogP contribution is -2.26. The van der Waals surface area contributed by atoms with E-state index in [-0.39, 0.29) is 11.9 Å². The van der Waals surface area contributed by atoms with Crippen molar-refractivity contribution in [2.45, 2.75) is 32.9 Å². The molecule has 0 heterocycles. The Morgan fingerprint density at radius 3 is 2.53 bits per heavy atom. The maximum absolute atomic E-state index is 10.8. The van der Waals surface area contributed by atoms with E-state index in [0.717, 1.165) is 24.2 Å². The summed E-state index contributed by atoms with van der Waals surface area (Å²) in [5, 5.41) is 6.00. The van der Waals surface area contributed by atoms with Gasteiger partial charge in [-0.2, -0.15) is 0 Å². The normalized spacial score (nSPS) is 11.6. The monoisotopic (exact) mass is 230 g/mol. The Bertz CT molecular complexity index is 403. The molecule has 0 bridgehead atoms. The van der Waals surface area contributed by atoms with Gasteiger partial charge in [-0.25, -0.2) is 0 Å². The van der Waals surface area contributed by atoms with E-state index >= 15 is 0 Å². The van der Waals surface area contributed by atoms with Crippen LogP contribution in [0.3, 0.4) is 0 Å². The van der Waals surface area contributed by atoms with Crippen molar-refractivity contribution >= 4 is 11.6 Å². The molecule has 0 aliphatic rings. The number of benzene rings is 1. The van der Waals surface area contributed by atoms with Crippen LogP contribution in [0.4, 0.5) is 5.69 Å². The Morgan fingerprint density at radius 1 is 1.41 bits per heavy atom. The largest absolute Gasteiger partial charge is 0.326 e. The van der Waals surface area contributed by atoms with Crippen LogP contribution >= 0.6 is 0 Å². The minimum Gasteiger partial charge on any atom is -0.326 e. The van der Waals surface area contributed by atoms with Gasteiger partial charge in [-0.3, -0.25) is 10.1 Å². The summed E-state index contributed by atoms with van der Waals surface area (Å²) < 4.78 is 0. The summed E-state index contributed by atoms with van der Waals surface area (Å²) in [5.74, 6) is 2.63. The molecular formula is C14H18N2O. The maximum Gasteiger partial charge on any atom is 0.221 e. The number of carbonyl (C=O) groups excluding carboxylic acids is 1. The van der Waals surface area contributed by atoms with E-state index in [1.54, 1.807) is 0 Å². The third kappa shape index (κ3) is 4.71. The fraction of sp³-hybridized carbons (Fsp3) is 0.357. The van der Waals surface area contributed by atoms with E-state index in [4.69, 9.17) is 6.42 Å². The Hall–Kier alpha value is -1.79. The first-order chi connectivity index (χ1) is 8.15. The second-order valence-corrected chi connectivity index (χ2v) is 3.89. The fourth-order valence-corrected chi connectivity index (χ4v) is 1.47. The number of nitrogens with one attached hydrogen (secondary N) is 2. The molecule has 0 aliphatic heterocycles. The summed E-state index contributed by atoms with van der Waals surface area (Å²) in [4.78, 5) is 10.8. The van der Waals surface area contributed by atoms with Gasteiger partial charge in [0.25, 0.3) is 0 Å². The molecule has 0 spiro atoms. The van der Waals surface area contributed by atoms with Crippen LogP contribution in [-0.4, -0.2) is 11.9 Å². The molecule has 1 rings (SSSR count). The number of hydrogen-bond acceptors (Lipinski definition) is 2. The summed E-state index contributed by atoms with van der Waals surface area (Å²) in [7, 11) is 0. The first kappa shape index (κ1) is 13.3. The van der Waals surface area contributed by atoms with Crippen molar-refractivity contribution in [2.24, 2.45) is 0 Å². The standard InChI is InChI=1S/C14H18N2O/c1-4-13(5-2)15-10-12-6-8-14(9-7-12)16-11(3)17/h1,6-9,13,15H,5,10H2,2-3H3,(H,16,17). The van der Waals surface area contributed by atoms with Crippen molar-refractivity contribution in [3.63, 3.8) is 0 Å². The second kappa shape index (κ2) is 6.72. The Balaban J connectivity index is 2.51. The maximum atomic E-state index is 10.8. The van der Waals surface area contributed by atoms with Gasteiger partial charge in [0.15, 0.2) is 0 Å². The number of hydrogen-bond donors (Lipinski definition) is 2. The van der Waals surface area contributed by atoms with Crippen LogP contribution in [-0.2, 0) is 11.3 Å². The zero-order valence-electron chi connectivity index (χ0n) is 10.3. The molecule has 1 amide bonds. The molecule has 17 heavy (non-hydrogen) atoms. The van der Waals surface area contributed by atoms with Crippen LogP contribution in [0.2, 0.25) is 0 Å². The highest BCUT2D eigenvalue weighted by molar-refractivity contribution is 5.88. The van der Waals surface area contributed by atoms with Crippen LogP contribution in [0.5, 0.6) is 0 Å². The zero-order valence-corrected chi connectivity index (χ0v) is 10.3. The van der Waals surface area contributed by atoms with Gasteiger partial charge < -0.3 is 5.32 Å². The first-order valence-corrected chi connectivity index (χ1v) is 5.71. The molecule has 0 fully saturated rings. The van der Waals surface area contributed by atoms with Crippen LogP contribution in [0, 0.1) is 12.3 Å². The molecule has 1 aromatic rings. The average Bonchev–Trinajstić information content (AvgIpc) is 2.32. The van der Waals surface area contributed by atoms with Gasteiger partial charge in [0.1, 0.15) is 0 Å². The highest BCUT2D eigenvalue weighted by Crippen LogP contribution is 2.09. The predicted octanol–water partition coefficient (Wildman–Crippen LogP) is 2.15. The number of anilines is 1. The lowest BCUT2D eigenvalue weighted by molar-refractivity contribution is -0.114. The summed E-state index contributed by atoms with van der Waals surface area (Å²) in [6, 6.07) is 7.83. The molecule has 0 saturated carbocycles. The summed E-state index contributed by atoms with van der Waals surface area (Å²) in [5.41, 5.74) is 1.96. The van der Waals surface area contributed by atoms with E-state index in [1.165, 1.54) is 6.92 Å². The van der Waals surface area contributed by atoms with Gasteiger partial charge >= 0.3 is 0 Å². The average molecular weight is 230 g/mol. The van der Waals surface area contributed by atoms with Crippen LogP contribution < -0.4 is 10.6 Å². The molecular weight excluding hydrogens is 212 g/mol. The molecule has 90 valence electrons. The lowest BCUT2D eigenvalue weighted by atomic mass is 10.1. The molecule has 1 aromatic carbocycles. The molecule has 0 saturated heterocycles. The molecule has 2 N–H and O–H groups in total. The quantitative estimate of drug-likeness (QED) is 0.761. The first-order valence-electron chi connectivity index (χ1n) is 5.71. The zero-order chi connectivity index (χ0) is 12.7. The van der Waals surface area contributed by atoms with Gasteiger partial charge in [0, 0.05) is 19.2 Å². The third-order valence-corrected chi connectivity index (χ3v) is 2.44. The lowest BCUT2D eigenvalue weighted by Gasteiger charge is -2.10. The summed E-state index contributed by atoms with van der Waals surface area (Å²) in [6.07, 6.45) is 6.28. The van der Waals surface area contributed by atoms with E-state index in [9.17, 15) is 4.79 Å². The molecule has 0 aromatic heterocycles. The van der Waals surface area contributed by atoms with Crippen molar-refractivity contribution in [1.82, 2.24) is 5.32 Å². The number of rotatable bonds is 5. The molecule has 0 aliphatic carbocycles. The minimum absolute atomic E-state index is 0.0609. The third-order valence-electron chi connectivity index (χ3n) is 2.44. The van der Waals surface area contributed by atoms with Crippen molar-refractivity contribution in [1.29, 1.82) is 0 Å². The van der Waals surface area contributed by atoms with Crippen molar-refractivity contribution in [2.75, 3.05) is 5.32 Å². The molecule has 1 atom stereocenters. The number of terminal acetylenes is 1.